The number of amides is 1. The smallest absolute Gasteiger partial charge is 0.227 e. The van der Waals surface area contributed by atoms with Crippen molar-refractivity contribution in [1.29, 1.82) is 0 Å². The Morgan fingerprint density at radius 2 is 1.76 bits per heavy atom. The molecule has 4 rings (SSSR count). The number of rotatable bonds is 4. The molecule has 4 aliphatic rings. The molecule has 0 N–H and O–H groups in total. The second kappa shape index (κ2) is 5.88. The van der Waals surface area contributed by atoms with Crippen LogP contribution < -0.4 is 0 Å². The molecule has 4 heterocycles. The first-order chi connectivity index (χ1) is 9.95. The molecule has 0 spiro atoms. The van der Waals surface area contributed by atoms with E-state index in [0.717, 1.165) is 38.5 Å². The molecule has 4 heteroatoms. The summed E-state index contributed by atoms with van der Waals surface area (Å²) in [5.41, 5.74) is 0. The van der Waals surface area contributed by atoms with Crippen LogP contribution in [-0.4, -0.2) is 71.5 Å². The van der Waals surface area contributed by atoms with E-state index in [-0.39, 0.29) is 5.92 Å². The maximum absolute atomic E-state index is 12.8. The Kier molecular flexibility index (Phi) is 4.28. The number of carbonyl (C=O) groups is 1. The second-order valence-electron chi connectivity index (χ2n) is 7.98. The van der Waals surface area contributed by atoms with E-state index < -0.39 is 0 Å². The van der Waals surface area contributed by atoms with Crippen LogP contribution in [0.3, 0.4) is 0 Å². The summed E-state index contributed by atoms with van der Waals surface area (Å²) in [7, 11) is 0. The van der Waals surface area contributed by atoms with Crippen molar-refractivity contribution in [3.63, 3.8) is 0 Å². The van der Waals surface area contributed by atoms with Gasteiger partial charge in [0, 0.05) is 44.3 Å². The summed E-state index contributed by atoms with van der Waals surface area (Å²) >= 11 is 0. The Hall–Kier alpha value is -0.610. The van der Waals surface area contributed by atoms with Crippen molar-refractivity contribution in [3.8, 4) is 0 Å². The fraction of sp³-hybridized carbons (Fsp3) is 0.941. The molecule has 4 aliphatic heterocycles. The quantitative estimate of drug-likeness (QED) is 0.789. The van der Waals surface area contributed by atoms with Crippen molar-refractivity contribution >= 4 is 5.91 Å². The number of hydrogen-bond acceptors (Lipinski definition) is 3. The fourth-order valence-corrected chi connectivity index (χ4v) is 4.39. The highest BCUT2D eigenvalue weighted by molar-refractivity contribution is 5.81. The number of piperidine rings is 1. The average Bonchev–Trinajstić information content (AvgIpc) is 2.87. The highest BCUT2D eigenvalue weighted by atomic mass is 16.2. The number of hydrogen-bond donors (Lipinski definition) is 0. The molecule has 120 valence electrons. The van der Waals surface area contributed by atoms with Crippen LogP contribution in [0, 0.1) is 11.8 Å². The minimum Gasteiger partial charge on any atom is -0.334 e. The van der Waals surface area contributed by atoms with E-state index in [0.29, 0.717) is 24.0 Å². The van der Waals surface area contributed by atoms with Gasteiger partial charge in [-0.25, -0.2) is 0 Å². The Bertz CT molecular complexity index is 383. The highest BCUT2D eigenvalue weighted by Gasteiger charge is 2.49. The van der Waals surface area contributed by atoms with Crippen LogP contribution >= 0.6 is 0 Å². The summed E-state index contributed by atoms with van der Waals surface area (Å²) in [5.74, 6) is 1.43. The SMILES string of the molecule is CC(C)CN1CC2CC(C1)N2C(=O)[C@@H]1CCN(C(C)C)C1. The third-order valence-electron chi connectivity index (χ3n) is 5.45. The molecular weight excluding hydrogens is 262 g/mol. The maximum atomic E-state index is 12.8. The monoisotopic (exact) mass is 293 g/mol. The first-order valence-corrected chi connectivity index (χ1v) is 8.74. The normalized spacial score (nSPS) is 33.8. The maximum Gasteiger partial charge on any atom is 0.227 e. The fourth-order valence-electron chi connectivity index (χ4n) is 4.39. The van der Waals surface area contributed by atoms with Gasteiger partial charge >= 0.3 is 0 Å². The number of likely N-dealkylation sites (tertiary alicyclic amines) is 1. The number of nitrogens with zero attached hydrogens (tertiary/aromatic N) is 3. The molecule has 4 nitrogen and oxygen atoms in total. The first kappa shape index (κ1) is 15.3. The van der Waals surface area contributed by atoms with Gasteiger partial charge in [0.25, 0.3) is 0 Å². The van der Waals surface area contributed by atoms with Gasteiger partial charge in [0.05, 0.1) is 5.92 Å². The van der Waals surface area contributed by atoms with Gasteiger partial charge in [-0.15, -0.1) is 0 Å². The lowest BCUT2D eigenvalue weighted by Gasteiger charge is -2.57. The number of carbonyl (C=O) groups excluding carboxylic acids is 1. The van der Waals surface area contributed by atoms with Crippen molar-refractivity contribution in [2.45, 2.75) is 58.7 Å². The van der Waals surface area contributed by atoms with Gasteiger partial charge in [-0.2, -0.15) is 0 Å². The van der Waals surface area contributed by atoms with E-state index in [1.54, 1.807) is 0 Å². The van der Waals surface area contributed by atoms with Gasteiger partial charge in [-0.3, -0.25) is 9.69 Å². The minimum atomic E-state index is 0.259. The lowest BCUT2D eigenvalue weighted by Crippen LogP contribution is -2.71. The van der Waals surface area contributed by atoms with Crippen LogP contribution in [0.5, 0.6) is 0 Å². The Morgan fingerprint density at radius 3 is 2.29 bits per heavy atom. The molecule has 0 saturated carbocycles. The van der Waals surface area contributed by atoms with Gasteiger partial charge in [-0.05, 0) is 39.2 Å². The molecule has 2 unspecified atom stereocenters. The molecule has 1 amide bonds. The summed E-state index contributed by atoms with van der Waals surface area (Å²) in [5, 5.41) is 0. The van der Waals surface area contributed by atoms with Crippen LogP contribution in [0.25, 0.3) is 0 Å². The van der Waals surface area contributed by atoms with Gasteiger partial charge < -0.3 is 9.80 Å². The third kappa shape index (κ3) is 2.98. The summed E-state index contributed by atoms with van der Waals surface area (Å²) in [6.45, 7) is 14.5. The lowest BCUT2D eigenvalue weighted by atomic mass is 9.85. The predicted octanol–water partition coefficient (Wildman–Crippen LogP) is 1.66. The molecule has 21 heavy (non-hydrogen) atoms. The van der Waals surface area contributed by atoms with Crippen molar-refractivity contribution in [1.82, 2.24) is 14.7 Å². The van der Waals surface area contributed by atoms with Crippen LogP contribution in [-0.2, 0) is 4.79 Å². The Labute approximate surface area is 129 Å². The molecule has 0 aromatic rings. The number of piperazine rings is 1. The van der Waals surface area contributed by atoms with Crippen LogP contribution in [0.4, 0.5) is 0 Å². The molecule has 0 radical (unpaired) electrons. The lowest BCUT2D eigenvalue weighted by molar-refractivity contribution is -0.158. The van der Waals surface area contributed by atoms with E-state index in [1.807, 2.05) is 0 Å². The highest BCUT2D eigenvalue weighted by Crippen LogP contribution is 2.35. The summed E-state index contributed by atoms with van der Waals surface area (Å²) in [6.07, 6.45) is 2.30. The molecule has 0 aromatic heterocycles. The first-order valence-electron chi connectivity index (χ1n) is 8.74. The number of fused-ring (bicyclic) bond motifs is 2. The second-order valence-corrected chi connectivity index (χ2v) is 7.98. The van der Waals surface area contributed by atoms with E-state index in [2.05, 4.69) is 42.4 Å². The largest absolute Gasteiger partial charge is 0.334 e. The van der Waals surface area contributed by atoms with Crippen molar-refractivity contribution in [3.05, 3.63) is 0 Å². The van der Waals surface area contributed by atoms with E-state index in [9.17, 15) is 4.79 Å². The summed E-state index contributed by atoms with van der Waals surface area (Å²) in [6, 6.07) is 1.58. The Morgan fingerprint density at radius 1 is 1.10 bits per heavy atom. The van der Waals surface area contributed by atoms with Gasteiger partial charge in [0.15, 0.2) is 0 Å². The zero-order valence-electron chi connectivity index (χ0n) is 14.1. The minimum absolute atomic E-state index is 0.259. The molecule has 2 bridgehead atoms. The van der Waals surface area contributed by atoms with Gasteiger partial charge in [0.2, 0.25) is 5.91 Å². The average molecular weight is 293 g/mol. The van der Waals surface area contributed by atoms with Crippen molar-refractivity contribution in [2.24, 2.45) is 11.8 Å². The van der Waals surface area contributed by atoms with Gasteiger partial charge in [0.1, 0.15) is 0 Å². The Balaban J connectivity index is 1.54. The standard InChI is InChI=1S/C17H31N3O/c1-12(2)8-18-10-15-7-16(11-18)20(15)17(21)14-5-6-19(9-14)13(3)4/h12-16H,5-11H2,1-4H3/t14-,15?,16?/m1/s1. The molecular formula is C17H31N3O. The molecule has 3 atom stereocenters. The van der Waals surface area contributed by atoms with Crippen LogP contribution in [0.1, 0.15) is 40.5 Å². The summed E-state index contributed by atoms with van der Waals surface area (Å²) in [4.78, 5) is 20.1. The molecule has 4 fully saturated rings. The predicted molar refractivity (Wildman–Crippen MR) is 85.1 cm³/mol. The zero-order chi connectivity index (χ0) is 15.1. The van der Waals surface area contributed by atoms with Gasteiger partial charge in [-0.1, -0.05) is 13.8 Å². The topological polar surface area (TPSA) is 26.8 Å². The van der Waals surface area contributed by atoms with Crippen molar-refractivity contribution < 1.29 is 4.79 Å². The zero-order valence-corrected chi connectivity index (χ0v) is 14.1. The summed E-state index contributed by atoms with van der Waals surface area (Å²) < 4.78 is 0. The molecule has 0 aliphatic carbocycles. The molecule has 0 aromatic carbocycles. The van der Waals surface area contributed by atoms with E-state index in [4.69, 9.17) is 0 Å². The van der Waals surface area contributed by atoms with E-state index in [1.165, 1.54) is 13.0 Å². The van der Waals surface area contributed by atoms with Crippen LogP contribution in [0.15, 0.2) is 0 Å². The van der Waals surface area contributed by atoms with Crippen molar-refractivity contribution in [2.75, 3.05) is 32.7 Å². The van der Waals surface area contributed by atoms with Crippen LogP contribution in [0.2, 0.25) is 0 Å². The third-order valence-corrected chi connectivity index (χ3v) is 5.45. The molecule has 4 saturated heterocycles. The van der Waals surface area contributed by atoms with E-state index >= 15 is 0 Å².